The molecule has 1 amide bonds. The number of thiophene rings is 1. The Balaban J connectivity index is 1.18. The molecular formula is C22H25ClN4O4S3. The van der Waals surface area contributed by atoms with Crippen molar-refractivity contribution in [2.45, 2.75) is 17.1 Å². The van der Waals surface area contributed by atoms with E-state index in [2.05, 4.69) is 4.90 Å². The van der Waals surface area contributed by atoms with Gasteiger partial charge in [-0.2, -0.15) is 4.31 Å². The van der Waals surface area contributed by atoms with Crippen LogP contribution in [0.15, 0.2) is 33.9 Å². The summed E-state index contributed by atoms with van der Waals surface area (Å²) in [4.78, 5) is 22.0. The predicted molar refractivity (Wildman–Crippen MR) is 136 cm³/mol. The zero-order valence-corrected chi connectivity index (χ0v) is 21.9. The zero-order chi connectivity index (χ0) is 23.9. The molecular weight excluding hydrogens is 516 g/mol. The van der Waals surface area contributed by atoms with Gasteiger partial charge in [0.1, 0.15) is 15.5 Å². The molecule has 12 heteroatoms. The van der Waals surface area contributed by atoms with Gasteiger partial charge in [0, 0.05) is 45.2 Å². The van der Waals surface area contributed by atoms with Crippen molar-refractivity contribution in [2.75, 3.05) is 51.3 Å². The molecule has 2 saturated heterocycles. The van der Waals surface area contributed by atoms with Crippen molar-refractivity contribution in [2.24, 2.45) is 5.92 Å². The Morgan fingerprint density at radius 1 is 1.12 bits per heavy atom. The van der Waals surface area contributed by atoms with E-state index < -0.39 is 10.0 Å². The number of anilines is 1. The molecule has 3 aromatic rings. The van der Waals surface area contributed by atoms with Crippen LogP contribution in [0.1, 0.15) is 12.8 Å². The monoisotopic (exact) mass is 540 g/mol. The molecule has 182 valence electrons. The van der Waals surface area contributed by atoms with Crippen LogP contribution in [0.2, 0.25) is 5.02 Å². The molecule has 2 aliphatic heterocycles. The van der Waals surface area contributed by atoms with Crippen LogP contribution in [0.4, 0.5) is 5.13 Å². The van der Waals surface area contributed by atoms with Gasteiger partial charge in [-0.05, 0) is 36.4 Å². The highest BCUT2D eigenvalue weighted by Gasteiger charge is 2.35. The summed E-state index contributed by atoms with van der Waals surface area (Å²) in [5.74, 6) is 0.692. The molecule has 4 heterocycles. The number of benzene rings is 1. The van der Waals surface area contributed by atoms with Crippen molar-refractivity contribution in [3.05, 3.63) is 34.7 Å². The number of rotatable bonds is 5. The lowest BCUT2D eigenvalue weighted by Crippen LogP contribution is -2.52. The van der Waals surface area contributed by atoms with Crippen molar-refractivity contribution in [1.82, 2.24) is 14.2 Å². The fourth-order valence-corrected chi connectivity index (χ4v) is 8.42. The second kappa shape index (κ2) is 9.62. The van der Waals surface area contributed by atoms with Gasteiger partial charge in [-0.15, -0.1) is 11.3 Å². The Hall–Kier alpha value is -1.92. The average molecular weight is 541 g/mol. The van der Waals surface area contributed by atoms with Gasteiger partial charge in [-0.3, -0.25) is 4.79 Å². The van der Waals surface area contributed by atoms with E-state index in [1.165, 1.54) is 27.0 Å². The molecule has 34 heavy (non-hydrogen) atoms. The van der Waals surface area contributed by atoms with Gasteiger partial charge in [0.15, 0.2) is 5.13 Å². The number of sulfonamides is 1. The highest BCUT2D eigenvalue weighted by molar-refractivity contribution is 7.91. The Kier molecular flexibility index (Phi) is 6.73. The van der Waals surface area contributed by atoms with E-state index in [4.69, 9.17) is 21.3 Å². The number of piperidine rings is 1. The largest absolute Gasteiger partial charge is 0.494 e. The molecule has 0 saturated carbocycles. The van der Waals surface area contributed by atoms with E-state index in [0.717, 1.165) is 15.3 Å². The van der Waals surface area contributed by atoms with Crippen LogP contribution in [0.25, 0.3) is 10.2 Å². The minimum Gasteiger partial charge on any atom is -0.494 e. The third-order valence-corrected chi connectivity index (χ3v) is 11.3. The molecule has 0 bridgehead atoms. The number of carbonyl (C=O) groups excluding carboxylic acids is 1. The molecule has 0 spiro atoms. The topological polar surface area (TPSA) is 83.0 Å². The second-order valence-corrected chi connectivity index (χ2v) is 12.8. The molecule has 0 radical (unpaired) electrons. The maximum absolute atomic E-state index is 13.1. The quantitative estimate of drug-likeness (QED) is 0.490. The third kappa shape index (κ3) is 4.39. The Morgan fingerprint density at radius 3 is 2.50 bits per heavy atom. The van der Waals surface area contributed by atoms with Crippen LogP contribution in [0.5, 0.6) is 5.75 Å². The Bertz CT molecular complexity index is 1280. The van der Waals surface area contributed by atoms with Crippen LogP contribution in [0, 0.1) is 5.92 Å². The number of fused-ring (bicyclic) bond motifs is 1. The number of hydrogen-bond acceptors (Lipinski definition) is 8. The molecule has 0 atom stereocenters. The number of carbonyl (C=O) groups is 1. The molecule has 2 fully saturated rings. The van der Waals surface area contributed by atoms with Crippen molar-refractivity contribution in [3.8, 4) is 5.75 Å². The number of amides is 1. The van der Waals surface area contributed by atoms with E-state index in [-0.39, 0.29) is 11.8 Å². The molecule has 1 aromatic carbocycles. The molecule has 0 aliphatic carbocycles. The fraction of sp³-hybridized carbons (Fsp3) is 0.455. The van der Waals surface area contributed by atoms with Crippen LogP contribution < -0.4 is 9.64 Å². The van der Waals surface area contributed by atoms with E-state index in [0.29, 0.717) is 67.1 Å². The van der Waals surface area contributed by atoms with Crippen LogP contribution in [-0.2, 0) is 14.8 Å². The van der Waals surface area contributed by atoms with E-state index in [1.54, 1.807) is 24.6 Å². The van der Waals surface area contributed by atoms with Crippen molar-refractivity contribution < 1.29 is 17.9 Å². The first-order valence-corrected chi connectivity index (χ1v) is 14.6. The summed E-state index contributed by atoms with van der Waals surface area (Å²) in [6.45, 7) is 3.38. The summed E-state index contributed by atoms with van der Waals surface area (Å²) >= 11 is 9.12. The van der Waals surface area contributed by atoms with E-state index in [1.807, 2.05) is 17.0 Å². The fourth-order valence-electron chi connectivity index (χ4n) is 4.50. The summed E-state index contributed by atoms with van der Waals surface area (Å²) in [6.07, 6.45) is 1.11. The Labute approximate surface area is 211 Å². The number of nitrogens with zero attached hydrogens (tertiary/aromatic N) is 4. The number of halogens is 1. The second-order valence-electron chi connectivity index (χ2n) is 8.35. The average Bonchev–Trinajstić information content (AvgIpc) is 3.56. The first-order valence-electron chi connectivity index (χ1n) is 11.1. The molecule has 5 rings (SSSR count). The number of piperazine rings is 1. The van der Waals surface area contributed by atoms with Gasteiger partial charge >= 0.3 is 0 Å². The summed E-state index contributed by atoms with van der Waals surface area (Å²) in [6, 6.07) is 7.01. The minimum absolute atomic E-state index is 0.127. The number of ether oxygens (including phenoxy) is 1. The molecule has 2 aliphatic rings. The van der Waals surface area contributed by atoms with Gasteiger partial charge in [0.2, 0.25) is 5.91 Å². The van der Waals surface area contributed by atoms with E-state index >= 15 is 0 Å². The number of methoxy groups -OCH3 is 1. The summed E-state index contributed by atoms with van der Waals surface area (Å²) in [7, 11) is -1.83. The maximum atomic E-state index is 13.1. The van der Waals surface area contributed by atoms with Gasteiger partial charge in [0.25, 0.3) is 10.0 Å². The SMILES string of the molecule is COc1ccc(Cl)c2sc(N3CCN(C(=O)C4CCN(S(=O)(=O)c5cccs5)CC4)CC3)nc12. The van der Waals surface area contributed by atoms with Crippen molar-refractivity contribution in [3.63, 3.8) is 0 Å². The lowest BCUT2D eigenvalue weighted by Gasteiger charge is -2.38. The smallest absolute Gasteiger partial charge is 0.252 e. The van der Waals surface area contributed by atoms with Crippen molar-refractivity contribution >= 4 is 65.6 Å². The highest BCUT2D eigenvalue weighted by atomic mass is 35.5. The lowest BCUT2D eigenvalue weighted by molar-refractivity contribution is -0.137. The highest BCUT2D eigenvalue weighted by Crippen LogP contribution is 2.39. The van der Waals surface area contributed by atoms with Crippen LogP contribution in [0.3, 0.4) is 0 Å². The van der Waals surface area contributed by atoms with Crippen LogP contribution >= 0.6 is 34.3 Å². The van der Waals surface area contributed by atoms with Crippen LogP contribution in [-0.4, -0.2) is 74.9 Å². The normalized spacial score (nSPS) is 18.5. The van der Waals surface area contributed by atoms with Gasteiger partial charge in [-0.1, -0.05) is 29.0 Å². The molecule has 8 nitrogen and oxygen atoms in total. The number of aromatic nitrogens is 1. The Morgan fingerprint density at radius 2 is 1.85 bits per heavy atom. The van der Waals surface area contributed by atoms with E-state index in [9.17, 15) is 13.2 Å². The third-order valence-electron chi connectivity index (χ3n) is 6.42. The first-order chi connectivity index (χ1) is 16.4. The van der Waals surface area contributed by atoms with Gasteiger partial charge in [-0.25, -0.2) is 13.4 Å². The standard InChI is InChI=1S/C22H25ClN4O4S3/c1-31-17-5-4-16(23)20-19(17)24-22(33-20)26-12-10-25(11-13-26)21(28)15-6-8-27(9-7-15)34(29,30)18-3-2-14-32-18/h2-5,14-15H,6-13H2,1H3. The lowest BCUT2D eigenvalue weighted by atomic mass is 9.96. The zero-order valence-electron chi connectivity index (χ0n) is 18.6. The molecule has 0 N–H and O–H groups in total. The van der Waals surface area contributed by atoms with Crippen molar-refractivity contribution in [1.29, 1.82) is 0 Å². The van der Waals surface area contributed by atoms with Gasteiger partial charge < -0.3 is 14.5 Å². The maximum Gasteiger partial charge on any atom is 0.252 e. The minimum atomic E-state index is -3.45. The predicted octanol–water partition coefficient (Wildman–Crippen LogP) is 3.77. The first kappa shape index (κ1) is 23.8. The summed E-state index contributed by atoms with van der Waals surface area (Å²) in [5, 5.41) is 3.30. The summed E-state index contributed by atoms with van der Waals surface area (Å²) < 4.78 is 33.7. The molecule has 0 unspecified atom stereocenters. The number of thiazole rings is 1. The summed E-state index contributed by atoms with van der Waals surface area (Å²) in [5.41, 5.74) is 0.762. The number of hydrogen-bond donors (Lipinski definition) is 0. The van der Waals surface area contributed by atoms with Gasteiger partial charge in [0.05, 0.1) is 16.8 Å². The molecule has 2 aromatic heterocycles.